The standard InChI is InChI=1S/C22H24N2O6S/c1-28-18-4-6-19(7-5-18)31(26,27)24-12-10-23(11-13-24)22(25)9-3-17-2-8-20-21(16-17)30-15-14-29-20/h2-9,16H,10-15H2,1H3/b9-3+. The molecule has 9 heteroatoms. The van der Waals surface area contributed by atoms with Crippen molar-refractivity contribution in [2.75, 3.05) is 46.5 Å². The Balaban J connectivity index is 1.35. The minimum Gasteiger partial charge on any atom is -0.497 e. The van der Waals surface area contributed by atoms with Crippen molar-refractivity contribution in [2.24, 2.45) is 0 Å². The van der Waals surface area contributed by atoms with Crippen LogP contribution in [0.15, 0.2) is 53.4 Å². The molecule has 0 atom stereocenters. The van der Waals surface area contributed by atoms with Gasteiger partial charge in [-0.2, -0.15) is 4.31 Å². The van der Waals surface area contributed by atoms with Crippen LogP contribution >= 0.6 is 0 Å². The molecule has 2 aromatic carbocycles. The van der Waals surface area contributed by atoms with Crippen LogP contribution in [0.4, 0.5) is 0 Å². The molecule has 2 aliphatic rings. The van der Waals surface area contributed by atoms with Gasteiger partial charge in [0.2, 0.25) is 15.9 Å². The number of hydrogen-bond acceptors (Lipinski definition) is 6. The zero-order valence-electron chi connectivity index (χ0n) is 17.2. The second-order valence-electron chi connectivity index (χ2n) is 7.14. The van der Waals surface area contributed by atoms with Crippen LogP contribution in [-0.2, 0) is 14.8 Å². The number of rotatable bonds is 5. The Morgan fingerprint density at radius 2 is 1.65 bits per heavy atom. The third-order valence-electron chi connectivity index (χ3n) is 5.23. The molecule has 8 nitrogen and oxygen atoms in total. The minimum atomic E-state index is -3.60. The lowest BCUT2D eigenvalue weighted by Gasteiger charge is -2.33. The maximum absolute atomic E-state index is 12.8. The van der Waals surface area contributed by atoms with Gasteiger partial charge in [-0.25, -0.2) is 8.42 Å². The molecule has 0 saturated carbocycles. The second-order valence-corrected chi connectivity index (χ2v) is 9.08. The molecule has 2 aromatic rings. The molecule has 2 heterocycles. The number of hydrogen-bond donors (Lipinski definition) is 0. The van der Waals surface area contributed by atoms with Gasteiger partial charge >= 0.3 is 0 Å². The van der Waals surface area contributed by atoms with Crippen molar-refractivity contribution in [2.45, 2.75) is 4.90 Å². The number of carbonyl (C=O) groups is 1. The van der Waals surface area contributed by atoms with Gasteiger partial charge < -0.3 is 19.1 Å². The number of ether oxygens (including phenoxy) is 3. The summed E-state index contributed by atoms with van der Waals surface area (Å²) in [5.41, 5.74) is 0.832. The summed E-state index contributed by atoms with van der Waals surface area (Å²) in [6.45, 7) is 2.19. The first-order chi connectivity index (χ1) is 15.0. The van der Waals surface area contributed by atoms with E-state index in [4.69, 9.17) is 14.2 Å². The van der Waals surface area contributed by atoms with Gasteiger partial charge in [0.05, 0.1) is 12.0 Å². The molecule has 0 aromatic heterocycles. The summed E-state index contributed by atoms with van der Waals surface area (Å²) < 4.78 is 43.2. The molecule has 0 aliphatic carbocycles. The average molecular weight is 445 g/mol. The Morgan fingerprint density at radius 1 is 0.968 bits per heavy atom. The number of nitrogens with zero attached hydrogens (tertiary/aromatic N) is 2. The predicted octanol–water partition coefficient (Wildman–Crippen LogP) is 2.01. The number of fused-ring (bicyclic) bond motifs is 1. The van der Waals surface area contributed by atoms with Crippen molar-refractivity contribution in [3.8, 4) is 17.2 Å². The minimum absolute atomic E-state index is 0.156. The SMILES string of the molecule is COc1ccc(S(=O)(=O)N2CCN(C(=O)/C=C/c3ccc4c(c3)OCCO4)CC2)cc1. The number of benzene rings is 2. The highest BCUT2D eigenvalue weighted by Crippen LogP contribution is 2.31. The lowest BCUT2D eigenvalue weighted by molar-refractivity contribution is -0.127. The van der Waals surface area contributed by atoms with E-state index < -0.39 is 10.0 Å². The van der Waals surface area contributed by atoms with Crippen molar-refractivity contribution in [3.05, 3.63) is 54.1 Å². The van der Waals surface area contributed by atoms with Crippen LogP contribution in [0.5, 0.6) is 17.2 Å². The molecule has 0 bridgehead atoms. The molecule has 0 spiro atoms. The Morgan fingerprint density at radius 3 is 2.32 bits per heavy atom. The van der Waals surface area contributed by atoms with E-state index in [0.717, 1.165) is 5.56 Å². The molecule has 0 unspecified atom stereocenters. The maximum atomic E-state index is 12.8. The van der Waals surface area contributed by atoms with Crippen LogP contribution in [0.1, 0.15) is 5.56 Å². The van der Waals surface area contributed by atoms with Crippen molar-refractivity contribution >= 4 is 22.0 Å². The number of amides is 1. The lowest BCUT2D eigenvalue weighted by Crippen LogP contribution is -2.50. The summed E-state index contributed by atoms with van der Waals surface area (Å²) in [5.74, 6) is 1.80. The summed E-state index contributed by atoms with van der Waals surface area (Å²) in [6, 6.07) is 11.8. The molecule has 4 rings (SSSR count). The monoisotopic (exact) mass is 444 g/mol. The van der Waals surface area contributed by atoms with Gasteiger partial charge in [-0.3, -0.25) is 4.79 Å². The van der Waals surface area contributed by atoms with Crippen molar-refractivity contribution in [1.82, 2.24) is 9.21 Å². The molecular formula is C22H24N2O6S. The Bertz CT molecular complexity index is 1070. The zero-order valence-corrected chi connectivity index (χ0v) is 18.0. The summed E-state index contributed by atoms with van der Waals surface area (Å²) in [4.78, 5) is 14.4. The quantitative estimate of drug-likeness (QED) is 0.656. The highest BCUT2D eigenvalue weighted by Gasteiger charge is 2.29. The maximum Gasteiger partial charge on any atom is 0.246 e. The van der Waals surface area contributed by atoms with Crippen LogP contribution in [-0.4, -0.2) is 70.0 Å². The van der Waals surface area contributed by atoms with Gasteiger partial charge in [0.25, 0.3) is 0 Å². The number of piperazine rings is 1. The van der Waals surface area contributed by atoms with Crippen molar-refractivity contribution < 1.29 is 27.4 Å². The molecule has 0 N–H and O–H groups in total. The molecular weight excluding hydrogens is 420 g/mol. The topological polar surface area (TPSA) is 85.4 Å². The Labute approximate surface area is 181 Å². The van der Waals surface area contributed by atoms with Crippen LogP contribution in [0, 0.1) is 0 Å². The van der Waals surface area contributed by atoms with Gasteiger partial charge in [0, 0.05) is 32.3 Å². The van der Waals surface area contributed by atoms with E-state index in [-0.39, 0.29) is 23.9 Å². The van der Waals surface area contributed by atoms with Crippen LogP contribution < -0.4 is 14.2 Å². The smallest absolute Gasteiger partial charge is 0.246 e. The van der Waals surface area contributed by atoms with Gasteiger partial charge in [0.15, 0.2) is 11.5 Å². The zero-order chi connectivity index (χ0) is 21.8. The molecule has 164 valence electrons. The fourth-order valence-corrected chi connectivity index (χ4v) is 4.90. The fourth-order valence-electron chi connectivity index (χ4n) is 3.48. The average Bonchev–Trinajstić information content (AvgIpc) is 2.82. The third kappa shape index (κ3) is 4.67. The first-order valence-electron chi connectivity index (χ1n) is 9.98. The predicted molar refractivity (Wildman–Crippen MR) is 115 cm³/mol. The van der Waals surface area contributed by atoms with E-state index in [0.29, 0.717) is 43.6 Å². The normalized spacial score (nSPS) is 17.0. The first-order valence-corrected chi connectivity index (χ1v) is 11.4. The summed E-state index contributed by atoms with van der Waals surface area (Å²) in [5, 5.41) is 0. The largest absolute Gasteiger partial charge is 0.497 e. The lowest BCUT2D eigenvalue weighted by atomic mass is 10.1. The molecule has 31 heavy (non-hydrogen) atoms. The van der Waals surface area contributed by atoms with Gasteiger partial charge in [-0.05, 0) is 48.0 Å². The molecule has 1 amide bonds. The van der Waals surface area contributed by atoms with Crippen LogP contribution in [0.25, 0.3) is 6.08 Å². The van der Waals surface area contributed by atoms with Crippen molar-refractivity contribution in [1.29, 1.82) is 0 Å². The van der Waals surface area contributed by atoms with Gasteiger partial charge in [-0.15, -0.1) is 0 Å². The van der Waals surface area contributed by atoms with E-state index in [9.17, 15) is 13.2 Å². The second kappa shape index (κ2) is 8.99. The third-order valence-corrected chi connectivity index (χ3v) is 7.14. The number of carbonyl (C=O) groups excluding carboxylic acids is 1. The van der Waals surface area contributed by atoms with Crippen molar-refractivity contribution in [3.63, 3.8) is 0 Å². The van der Waals surface area contributed by atoms with E-state index in [1.54, 1.807) is 23.1 Å². The van der Waals surface area contributed by atoms with Crippen LogP contribution in [0.2, 0.25) is 0 Å². The Kier molecular flexibility index (Phi) is 6.15. The number of methoxy groups -OCH3 is 1. The van der Waals surface area contributed by atoms with Gasteiger partial charge in [0.1, 0.15) is 19.0 Å². The summed E-state index contributed by atoms with van der Waals surface area (Å²) in [7, 11) is -2.07. The van der Waals surface area contributed by atoms with E-state index in [2.05, 4.69) is 0 Å². The molecule has 1 fully saturated rings. The molecule has 1 saturated heterocycles. The van der Waals surface area contributed by atoms with Crippen LogP contribution in [0.3, 0.4) is 0 Å². The first kappa shape index (κ1) is 21.2. The summed E-state index contributed by atoms with van der Waals surface area (Å²) >= 11 is 0. The highest BCUT2D eigenvalue weighted by molar-refractivity contribution is 7.89. The molecule has 2 aliphatic heterocycles. The fraction of sp³-hybridized carbons (Fsp3) is 0.318. The summed E-state index contributed by atoms with van der Waals surface area (Å²) in [6.07, 6.45) is 3.22. The highest BCUT2D eigenvalue weighted by atomic mass is 32.2. The number of sulfonamides is 1. The van der Waals surface area contributed by atoms with E-state index >= 15 is 0 Å². The van der Waals surface area contributed by atoms with E-state index in [1.807, 2.05) is 18.2 Å². The van der Waals surface area contributed by atoms with Gasteiger partial charge in [-0.1, -0.05) is 6.07 Å². The van der Waals surface area contributed by atoms with E-state index in [1.165, 1.54) is 29.6 Å². The Hall–Kier alpha value is -3.04. The molecule has 0 radical (unpaired) electrons.